The smallest absolute Gasteiger partial charge is 0.305 e. The van der Waals surface area contributed by atoms with Crippen LogP contribution in [0.4, 0.5) is 0 Å². The molecule has 1 aliphatic heterocycles. The number of hydrogen-bond donors (Lipinski definition) is 0. The van der Waals surface area contributed by atoms with Gasteiger partial charge < -0.3 is 9.47 Å². The fraction of sp³-hybridized carbons (Fsp3) is 0.926. The first-order valence-electron chi connectivity index (χ1n) is 13.0. The van der Waals surface area contributed by atoms with Crippen molar-refractivity contribution in [1.82, 2.24) is 0 Å². The van der Waals surface area contributed by atoms with E-state index < -0.39 is 0 Å². The lowest BCUT2D eigenvalue weighted by atomic mass is 9.42. The van der Waals surface area contributed by atoms with Gasteiger partial charge in [0.25, 0.3) is 0 Å². The van der Waals surface area contributed by atoms with Gasteiger partial charge in [0.15, 0.2) is 0 Å². The monoisotopic (exact) mass is 430 g/mol. The maximum Gasteiger partial charge on any atom is 0.305 e. The number of esters is 1. The van der Waals surface area contributed by atoms with Gasteiger partial charge in [-0.2, -0.15) is 0 Å². The number of epoxide rings is 1. The van der Waals surface area contributed by atoms with E-state index >= 15 is 0 Å². The van der Waals surface area contributed by atoms with Gasteiger partial charge in [0, 0.05) is 18.3 Å². The van der Waals surface area contributed by atoms with E-state index in [0.717, 1.165) is 19.3 Å². The number of fused-ring (bicyclic) bond motifs is 6. The minimum absolute atomic E-state index is 0.0969. The van der Waals surface area contributed by atoms with Crippen molar-refractivity contribution < 1.29 is 19.1 Å². The molecule has 4 heteroatoms. The van der Waals surface area contributed by atoms with Crippen LogP contribution in [0.25, 0.3) is 0 Å². The average molecular weight is 431 g/mol. The van der Waals surface area contributed by atoms with Crippen LogP contribution in [-0.4, -0.2) is 31.1 Å². The molecule has 0 bridgehead atoms. The van der Waals surface area contributed by atoms with E-state index in [1.54, 1.807) is 0 Å². The second kappa shape index (κ2) is 7.57. The van der Waals surface area contributed by atoms with E-state index in [4.69, 9.17) is 9.47 Å². The number of rotatable bonds is 5. The number of ether oxygens (including phenoxy) is 2. The van der Waals surface area contributed by atoms with Gasteiger partial charge in [-0.25, -0.2) is 0 Å². The van der Waals surface area contributed by atoms with Crippen molar-refractivity contribution >= 4 is 11.8 Å². The first kappa shape index (κ1) is 21.9. The third-order valence-electron chi connectivity index (χ3n) is 11.2. The molecule has 0 unspecified atom stereocenters. The third-order valence-corrected chi connectivity index (χ3v) is 11.2. The van der Waals surface area contributed by atoms with Gasteiger partial charge in [-0.3, -0.25) is 9.59 Å². The summed E-state index contributed by atoms with van der Waals surface area (Å²) in [6.07, 6.45) is 10.5. The lowest BCUT2D eigenvalue weighted by Crippen LogP contribution is -2.60. The first-order chi connectivity index (χ1) is 14.7. The van der Waals surface area contributed by atoms with Gasteiger partial charge in [-0.15, -0.1) is 0 Å². The van der Waals surface area contributed by atoms with Gasteiger partial charge in [0.05, 0.1) is 19.3 Å². The SMILES string of the molecule is CC[C@H]1C(=O)[C@@H]2[C@H](CC[C@]3(C)[C@@H]([C@H](C)CCC(=O)OC)CC[C@@H]23)[C@@]2(C)C[C@@H]3O[C@@H]3C[C@@H]12. The Kier molecular flexibility index (Phi) is 5.35. The number of carbonyl (C=O) groups excluding carboxylic acids is 2. The predicted molar refractivity (Wildman–Crippen MR) is 119 cm³/mol. The van der Waals surface area contributed by atoms with Gasteiger partial charge in [0.1, 0.15) is 5.78 Å². The zero-order valence-electron chi connectivity index (χ0n) is 20.2. The van der Waals surface area contributed by atoms with E-state index in [-0.39, 0.29) is 28.6 Å². The summed E-state index contributed by atoms with van der Waals surface area (Å²) in [6, 6.07) is 0. The zero-order chi connectivity index (χ0) is 22.1. The van der Waals surface area contributed by atoms with Crippen LogP contribution in [0, 0.1) is 52.3 Å². The van der Waals surface area contributed by atoms with Crippen molar-refractivity contribution in [2.45, 2.75) is 97.7 Å². The summed E-state index contributed by atoms with van der Waals surface area (Å²) in [5.41, 5.74) is 0.508. The number of Topliss-reactive ketones (excluding diaryl/α,β-unsaturated/α-hetero) is 1. The summed E-state index contributed by atoms with van der Waals surface area (Å²) < 4.78 is 10.9. The molecule has 4 nitrogen and oxygen atoms in total. The highest BCUT2D eigenvalue weighted by Crippen LogP contribution is 2.70. The summed E-state index contributed by atoms with van der Waals surface area (Å²) in [5.74, 6) is 3.69. The Morgan fingerprint density at radius 2 is 1.87 bits per heavy atom. The van der Waals surface area contributed by atoms with Crippen molar-refractivity contribution in [3.05, 3.63) is 0 Å². The van der Waals surface area contributed by atoms with Crippen molar-refractivity contribution in [2.24, 2.45) is 52.3 Å². The molecular formula is C27H42O4. The molecule has 0 spiro atoms. The molecule has 0 aromatic carbocycles. The summed E-state index contributed by atoms with van der Waals surface area (Å²) >= 11 is 0. The summed E-state index contributed by atoms with van der Waals surface area (Å²) in [5, 5.41) is 0. The standard InChI is InChI=1S/C27H42O4/c1-6-16-20-13-21-22(31-21)14-27(20,4)19-11-12-26(3)17(15(2)7-10-23(28)30-5)8-9-18(26)24(19)25(16)29/h15-22,24H,6-14H2,1-5H3/t15-,16-,17-,18+,19+,20+,21-,22+,24+,26-,27-/m1/s1. The minimum Gasteiger partial charge on any atom is -0.469 e. The molecule has 31 heavy (non-hydrogen) atoms. The molecule has 5 fully saturated rings. The highest BCUT2D eigenvalue weighted by molar-refractivity contribution is 5.86. The van der Waals surface area contributed by atoms with Crippen molar-refractivity contribution in [2.75, 3.05) is 7.11 Å². The molecule has 174 valence electrons. The maximum atomic E-state index is 14.0. The Balaban J connectivity index is 1.41. The number of carbonyl (C=O) groups is 2. The Labute approximate surface area is 188 Å². The van der Waals surface area contributed by atoms with Gasteiger partial charge >= 0.3 is 5.97 Å². The first-order valence-corrected chi connectivity index (χ1v) is 13.0. The zero-order valence-corrected chi connectivity index (χ0v) is 20.2. The van der Waals surface area contributed by atoms with Gasteiger partial charge in [-0.1, -0.05) is 27.7 Å². The Hall–Kier alpha value is -0.900. The van der Waals surface area contributed by atoms with Crippen LogP contribution >= 0.6 is 0 Å². The highest BCUT2D eigenvalue weighted by atomic mass is 16.6. The quantitative estimate of drug-likeness (QED) is 0.431. The fourth-order valence-corrected chi connectivity index (χ4v) is 9.55. The number of hydrogen-bond acceptors (Lipinski definition) is 4. The molecular weight excluding hydrogens is 388 g/mol. The summed E-state index contributed by atoms with van der Waals surface area (Å²) in [6.45, 7) is 9.58. The normalized spacial score (nSPS) is 51.2. The van der Waals surface area contributed by atoms with E-state index in [0.29, 0.717) is 54.0 Å². The molecule has 5 aliphatic rings. The largest absolute Gasteiger partial charge is 0.469 e. The Morgan fingerprint density at radius 1 is 1.13 bits per heavy atom. The third kappa shape index (κ3) is 3.17. The topological polar surface area (TPSA) is 55.9 Å². The van der Waals surface area contributed by atoms with E-state index in [2.05, 4.69) is 27.7 Å². The maximum absolute atomic E-state index is 14.0. The average Bonchev–Trinajstić information content (AvgIpc) is 3.40. The molecule has 1 heterocycles. The second-order valence-corrected chi connectivity index (χ2v) is 12.2. The molecule has 5 rings (SSSR count). The summed E-state index contributed by atoms with van der Waals surface area (Å²) in [4.78, 5) is 25.7. The van der Waals surface area contributed by atoms with Crippen LogP contribution in [0.2, 0.25) is 0 Å². The number of methoxy groups -OCH3 is 1. The lowest BCUT2D eigenvalue weighted by molar-refractivity contribution is -0.166. The molecule has 4 saturated carbocycles. The highest BCUT2D eigenvalue weighted by Gasteiger charge is 2.67. The van der Waals surface area contributed by atoms with Gasteiger partial charge in [0.2, 0.25) is 0 Å². The molecule has 0 aromatic heterocycles. The van der Waals surface area contributed by atoms with Crippen molar-refractivity contribution in [1.29, 1.82) is 0 Å². The fourth-order valence-electron chi connectivity index (χ4n) is 9.55. The Morgan fingerprint density at radius 3 is 2.58 bits per heavy atom. The molecule has 1 saturated heterocycles. The minimum atomic E-state index is -0.0969. The molecule has 0 aromatic rings. The van der Waals surface area contributed by atoms with E-state index in [9.17, 15) is 9.59 Å². The van der Waals surface area contributed by atoms with Gasteiger partial charge in [-0.05, 0) is 91.8 Å². The van der Waals surface area contributed by atoms with Crippen LogP contribution in [-0.2, 0) is 19.1 Å². The Bertz CT molecular complexity index is 748. The molecule has 0 amide bonds. The van der Waals surface area contributed by atoms with E-state index in [1.165, 1.54) is 39.2 Å². The predicted octanol–water partition coefficient (Wildman–Crippen LogP) is 5.43. The second-order valence-electron chi connectivity index (χ2n) is 12.2. The lowest BCUT2D eigenvalue weighted by Gasteiger charge is -2.61. The van der Waals surface area contributed by atoms with Crippen LogP contribution in [0.3, 0.4) is 0 Å². The molecule has 11 atom stereocenters. The molecule has 0 radical (unpaired) electrons. The number of ketones is 1. The van der Waals surface area contributed by atoms with Crippen molar-refractivity contribution in [3.63, 3.8) is 0 Å². The van der Waals surface area contributed by atoms with Crippen LogP contribution in [0.5, 0.6) is 0 Å². The van der Waals surface area contributed by atoms with E-state index in [1.807, 2.05) is 0 Å². The molecule has 4 aliphatic carbocycles. The van der Waals surface area contributed by atoms with Crippen LogP contribution < -0.4 is 0 Å². The van der Waals surface area contributed by atoms with Crippen LogP contribution in [0.1, 0.15) is 85.5 Å². The summed E-state index contributed by atoms with van der Waals surface area (Å²) in [7, 11) is 1.48. The van der Waals surface area contributed by atoms with Crippen molar-refractivity contribution in [3.8, 4) is 0 Å². The molecule has 0 N–H and O–H groups in total. The van der Waals surface area contributed by atoms with Crippen LogP contribution in [0.15, 0.2) is 0 Å².